The van der Waals surface area contributed by atoms with Crippen LogP contribution in [0.25, 0.3) is 0 Å². The van der Waals surface area contributed by atoms with Crippen molar-refractivity contribution < 1.29 is 30.3 Å². The Labute approximate surface area is 174 Å². The van der Waals surface area contributed by atoms with Gasteiger partial charge in [0.05, 0.1) is 23.8 Å². The van der Waals surface area contributed by atoms with Crippen molar-refractivity contribution in [3.05, 3.63) is 70.3 Å². The van der Waals surface area contributed by atoms with E-state index < -0.39 is 42.7 Å². The minimum atomic E-state index is -1.46. The maximum Gasteiger partial charge on any atom is 0.113 e. The van der Waals surface area contributed by atoms with Gasteiger partial charge in [-0.15, -0.1) is 0 Å². The van der Waals surface area contributed by atoms with E-state index in [0.717, 1.165) is 29.5 Å². The van der Waals surface area contributed by atoms with Crippen molar-refractivity contribution in [1.29, 1.82) is 5.26 Å². The van der Waals surface area contributed by atoms with Crippen LogP contribution in [0.15, 0.2) is 42.5 Å². The summed E-state index contributed by atoms with van der Waals surface area (Å²) >= 11 is 0. The van der Waals surface area contributed by atoms with Crippen LogP contribution in [0.2, 0.25) is 0 Å². The van der Waals surface area contributed by atoms with Crippen LogP contribution in [0.3, 0.4) is 0 Å². The molecule has 2 aromatic rings. The first-order valence-electron chi connectivity index (χ1n) is 10.0. The van der Waals surface area contributed by atoms with Crippen LogP contribution in [-0.4, -0.2) is 56.6 Å². The van der Waals surface area contributed by atoms with Gasteiger partial charge in [-0.3, -0.25) is 0 Å². The van der Waals surface area contributed by atoms with Crippen molar-refractivity contribution in [3.8, 4) is 6.07 Å². The van der Waals surface area contributed by atoms with Crippen LogP contribution in [0, 0.1) is 11.3 Å². The summed E-state index contributed by atoms with van der Waals surface area (Å²) in [7, 11) is 0. The molecule has 7 nitrogen and oxygen atoms in total. The highest BCUT2D eigenvalue weighted by Gasteiger charge is 2.44. The van der Waals surface area contributed by atoms with Gasteiger partial charge in [-0.25, -0.2) is 0 Å². The summed E-state index contributed by atoms with van der Waals surface area (Å²) in [4.78, 5) is 0. The number of aliphatic hydroxyl groups excluding tert-OH is 4. The highest BCUT2D eigenvalue weighted by Crippen LogP contribution is 2.45. The van der Waals surface area contributed by atoms with E-state index in [9.17, 15) is 30.8 Å². The Hall–Kier alpha value is -2.31. The predicted octanol–water partition coefficient (Wildman–Crippen LogP) is 0.645. The molecule has 0 spiro atoms. The number of hydrogen-bond acceptors (Lipinski definition) is 7. The van der Waals surface area contributed by atoms with E-state index in [1.807, 2.05) is 24.3 Å². The van der Waals surface area contributed by atoms with Gasteiger partial charge in [0.2, 0.25) is 0 Å². The average molecular weight is 411 g/mol. The van der Waals surface area contributed by atoms with Gasteiger partial charge in [0.1, 0.15) is 30.5 Å². The van der Waals surface area contributed by atoms with Crippen molar-refractivity contribution in [2.24, 2.45) is 0 Å². The van der Waals surface area contributed by atoms with Gasteiger partial charge < -0.3 is 30.3 Å². The van der Waals surface area contributed by atoms with E-state index in [0.29, 0.717) is 17.5 Å². The van der Waals surface area contributed by atoms with Crippen LogP contribution in [0.4, 0.5) is 0 Å². The van der Waals surface area contributed by atoms with Crippen LogP contribution >= 0.6 is 0 Å². The monoisotopic (exact) mass is 411 g/mol. The molecule has 0 amide bonds. The first-order chi connectivity index (χ1) is 14.4. The van der Waals surface area contributed by atoms with Crippen LogP contribution in [0.1, 0.15) is 46.8 Å². The Morgan fingerprint density at radius 1 is 1.00 bits per heavy atom. The number of hydrogen-bond donors (Lipinski definition) is 5. The summed E-state index contributed by atoms with van der Waals surface area (Å²) in [5.41, 5.74) is 2.91. The van der Waals surface area contributed by atoms with E-state index in [4.69, 9.17) is 4.74 Å². The summed E-state index contributed by atoms with van der Waals surface area (Å²) in [5.74, 6) is 0. The summed E-state index contributed by atoms with van der Waals surface area (Å²) in [6.07, 6.45) is -4.18. The Morgan fingerprint density at radius 3 is 2.30 bits per heavy atom. The molecular formula is C23H25NO6. The third kappa shape index (κ3) is 3.86. The molecule has 1 saturated carbocycles. The first kappa shape index (κ1) is 20.9. The van der Waals surface area contributed by atoms with E-state index in [1.165, 1.54) is 0 Å². The quantitative estimate of drug-likeness (QED) is 0.488. The number of aliphatic hydroxyl groups is 5. The molecule has 0 aromatic heterocycles. The largest absolute Gasteiger partial charge is 0.394 e. The van der Waals surface area contributed by atoms with Crippen molar-refractivity contribution in [2.75, 3.05) is 6.61 Å². The minimum Gasteiger partial charge on any atom is -0.394 e. The fraction of sp³-hybridized carbons (Fsp3) is 0.435. The Kier molecular flexibility index (Phi) is 5.64. The van der Waals surface area contributed by atoms with E-state index in [2.05, 4.69) is 6.07 Å². The van der Waals surface area contributed by atoms with Gasteiger partial charge in [0.25, 0.3) is 0 Å². The summed E-state index contributed by atoms with van der Waals surface area (Å²) < 4.78 is 5.63. The lowest BCUT2D eigenvalue weighted by atomic mass is 9.89. The summed E-state index contributed by atoms with van der Waals surface area (Å²) in [5, 5.41) is 59.6. The molecule has 1 aliphatic heterocycles. The molecule has 7 heteroatoms. The lowest BCUT2D eigenvalue weighted by Gasteiger charge is -2.40. The lowest BCUT2D eigenvalue weighted by molar-refractivity contribution is -0.231. The molecule has 0 radical (unpaired) electrons. The van der Waals surface area contributed by atoms with Gasteiger partial charge >= 0.3 is 0 Å². The molecule has 0 bridgehead atoms. The SMILES string of the molecule is N#Cc1ccc([C@@H]2OC(CO)[C@@H](O)[C@H](O)C2O)cc1Cc1ccc(C2(O)CC2)cc1. The van der Waals surface area contributed by atoms with Crippen LogP contribution in [0.5, 0.6) is 0 Å². The standard InChI is InChI=1S/C23H25NO6/c24-11-15-4-3-14(22-21(28)20(27)19(26)18(12-25)30-22)10-16(15)9-13-1-5-17(6-2-13)23(29)7-8-23/h1-6,10,18-22,25-29H,7-9,12H2/t18?,19-,20+,21?,22+/m1/s1. The molecule has 2 aromatic carbocycles. The van der Waals surface area contributed by atoms with Crippen molar-refractivity contribution >= 4 is 0 Å². The summed E-state index contributed by atoms with van der Waals surface area (Å²) in [6.45, 7) is -0.497. The Bertz CT molecular complexity index is 947. The second-order valence-corrected chi connectivity index (χ2v) is 8.18. The molecule has 4 rings (SSSR count). The molecule has 158 valence electrons. The van der Waals surface area contributed by atoms with Crippen molar-refractivity contribution in [1.82, 2.24) is 0 Å². The molecule has 2 fully saturated rings. The van der Waals surface area contributed by atoms with Gasteiger partial charge in [0, 0.05) is 0 Å². The molecular weight excluding hydrogens is 386 g/mol. The van der Waals surface area contributed by atoms with E-state index in [1.54, 1.807) is 18.2 Å². The number of ether oxygens (including phenoxy) is 1. The highest BCUT2D eigenvalue weighted by atomic mass is 16.5. The van der Waals surface area contributed by atoms with Gasteiger partial charge in [-0.2, -0.15) is 5.26 Å². The van der Waals surface area contributed by atoms with Crippen LogP contribution < -0.4 is 0 Å². The zero-order valence-corrected chi connectivity index (χ0v) is 16.3. The molecule has 2 unspecified atom stereocenters. The second-order valence-electron chi connectivity index (χ2n) is 8.18. The molecule has 5 N–H and O–H groups in total. The normalized spacial score (nSPS) is 29.9. The zero-order chi connectivity index (χ0) is 21.5. The van der Waals surface area contributed by atoms with Gasteiger partial charge in [-0.05, 0) is 47.6 Å². The Balaban J connectivity index is 1.60. The van der Waals surface area contributed by atoms with Crippen LogP contribution in [-0.2, 0) is 16.8 Å². The van der Waals surface area contributed by atoms with Crippen molar-refractivity contribution in [2.45, 2.75) is 55.4 Å². The molecule has 2 aliphatic rings. The third-order valence-corrected chi connectivity index (χ3v) is 6.08. The lowest BCUT2D eigenvalue weighted by Crippen LogP contribution is -2.55. The average Bonchev–Trinajstić information content (AvgIpc) is 3.51. The Morgan fingerprint density at radius 2 is 1.70 bits per heavy atom. The molecule has 1 aliphatic carbocycles. The molecule has 30 heavy (non-hydrogen) atoms. The van der Waals surface area contributed by atoms with E-state index >= 15 is 0 Å². The highest BCUT2D eigenvalue weighted by molar-refractivity contribution is 5.44. The fourth-order valence-electron chi connectivity index (χ4n) is 3.98. The van der Waals surface area contributed by atoms with E-state index in [-0.39, 0.29) is 0 Å². The number of rotatable bonds is 5. The molecule has 5 atom stereocenters. The zero-order valence-electron chi connectivity index (χ0n) is 16.3. The number of nitrogens with zero attached hydrogens (tertiary/aromatic N) is 1. The maximum atomic E-state index is 10.4. The number of benzene rings is 2. The minimum absolute atomic E-state index is 0.465. The summed E-state index contributed by atoms with van der Waals surface area (Å²) in [6, 6.07) is 14.8. The molecule has 1 heterocycles. The maximum absolute atomic E-state index is 10.4. The van der Waals surface area contributed by atoms with Crippen molar-refractivity contribution in [3.63, 3.8) is 0 Å². The van der Waals surface area contributed by atoms with Gasteiger partial charge in [-0.1, -0.05) is 36.4 Å². The third-order valence-electron chi connectivity index (χ3n) is 6.08. The van der Waals surface area contributed by atoms with Gasteiger partial charge in [0.15, 0.2) is 0 Å². The second kappa shape index (κ2) is 8.08. The molecule has 1 saturated heterocycles. The fourth-order valence-corrected chi connectivity index (χ4v) is 3.98. The smallest absolute Gasteiger partial charge is 0.113 e. The first-order valence-corrected chi connectivity index (χ1v) is 10.0. The number of nitriles is 1. The topological polar surface area (TPSA) is 134 Å². The predicted molar refractivity (Wildman–Crippen MR) is 106 cm³/mol.